The molecule has 0 atom stereocenters. The summed E-state index contributed by atoms with van der Waals surface area (Å²) in [6, 6.07) is 4.01. The molecule has 19 heavy (non-hydrogen) atoms. The average Bonchev–Trinajstić information content (AvgIpc) is 2.73. The molecule has 0 aromatic carbocycles. The molecule has 0 bridgehead atoms. The van der Waals surface area contributed by atoms with Crippen LogP contribution >= 0.6 is 11.8 Å². The first-order chi connectivity index (χ1) is 8.96. The number of pyridine rings is 1. The van der Waals surface area contributed by atoms with Crippen molar-refractivity contribution in [3.05, 3.63) is 23.9 Å². The van der Waals surface area contributed by atoms with E-state index < -0.39 is 0 Å². The van der Waals surface area contributed by atoms with Crippen molar-refractivity contribution in [2.75, 3.05) is 0 Å². The normalized spacial score (nSPS) is 11.8. The number of nitrogens with zero attached hydrogens (tertiary/aromatic N) is 5. The molecule has 0 radical (unpaired) electrons. The fraction of sp³-hybridized carbons (Fsp3) is 0.500. The van der Waals surface area contributed by atoms with Crippen LogP contribution in [0.3, 0.4) is 0 Å². The molecule has 7 heteroatoms. The molecule has 0 spiro atoms. The highest BCUT2D eigenvalue weighted by Crippen LogP contribution is 2.26. The molecule has 0 fully saturated rings. The molecule has 1 N–H and O–H groups in total. The number of hydrogen-bond donors (Lipinski definition) is 1. The molecule has 0 saturated heterocycles. The summed E-state index contributed by atoms with van der Waals surface area (Å²) >= 11 is 1.47. The van der Waals surface area contributed by atoms with Gasteiger partial charge in [0.15, 0.2) is 0 Å². The Morgan fingerprint density at radius 1 is 1.37 bits per heavy atom. The Bertz CT molecular complexity index is 545. The van der Waals surface area contributed by atoms with Crippen molar-refractivity contribution in [3.8, 4) is 0 Å². The second-order valence-electron chi connectivity index (χ2n) is 5.26. The number of hydrogen-bond acceptors (Lipinski definition) is 6. The van der Waals surface area contributed by atoms with E-state index >= 15 is 0 Å². The third kappa shape index (κ3) is 4.00. The first kappa shape index (κ1) is 14.0. The van der Waals surface area contributed by atoms with Gasteiger partial charge < -0.3 is 5.32 Å². The van der Waals surface area contributed by atoms with E-state index in [2.05, 4.69) is 52.7 Å². The summed E-state index contributed by atoms with van der Waals surface area (Å²) in [6.45, 7) is 7.19. The Balaban J connectivity index is 2.15. The lowest BCUT2D eigenvalue weighted by atomic mass is 10.1. The van der Waals surface area contributed by atoms with E-state index in [4.69, 9.17) is 0 Å². The fourth-order valence-electron chi connectivity index (χ4n) is 1.41. The predicted octanol–water partition coefficient (Wildman–Crippen LogP) is 1.64. The van der Waals surface area contributed by atoms with Gasteiger partial charge in [0.1, 0.15) is 5.03 Å². The van der Waals surface area contributed by atoms with Crippen LogP contribution in [-0.4, -0.2) is 30.7 Å². The highest BCUT2D eigenvalue weighted by Gasteiger charge is 2.13. The summed E-state index contributed by atoms with van der Waals surface area (Å²) in [7, 11) is 1.82. The van der Waals surface area contributed by atoms with Gasteiger partial charge in [-0.1, -0.05) is 6.07 Å². The van der Waals surface area contributed by atoms with Crippen LogP contribution in [0.5, 0.6) is 0 Å². The summed E-state index contributed by atoms with van der Waals surface area (Å²) in [5.74, 6) is 0. The lowest BCUT2D eigenvalue weighted by molar-refractivity contribution is 0.422. The maximum absolute atomic E-state index is 4.41. The van der Waals surface area contributed by atoms with Crippen LogP contribution in [0.1, 0.15) is 26.3 Å². The maximum atomic E-state index is 4.41. The van der Waals surface area contributed by atoms with Crippen LogP contribution in [0, 0.1) is 0 Å². The van der Waals surface area contributed by atoms with E-state index in [1.807, 2.05) is 13.1 Å². The Kier molecular flexibility index (Phi) is 4.16. The minimum Gasteiger partial charge on any atom is -0.308 e. The lowest BCUT2D eigenvalue weighted by Crippen LogP contribution is -2.35. The highest BCUT2D eigenvalue weighted by atomic mass is 32.2. The molecule has 6 nitrogen and oxygen atoms in total. The lowest BCUT2D eigenvalue weighted by Gasteiger charge is -2.21. The van der Waals surface area contributed by atoms with E-state index in [1.165, 1.54) is 11.8 Å². The number of aromatic nitrogens is 5. The van der Waals surface area contributed by atoms with Crippen molar-refractivity contribution in [1.29, 1.82) is 0 Å². The number of tetrazole rings is 1. The molecule has 2 aromatic heterocycles. The Morgan fingerprint density at radius 2 is 2.16 bits per heavy atom. The Hall–Kier alpha value is -1.47. The van der Waals surface area contributed by atoms with Crippen LogP contribution in [-0.2, 0) is 13.6 Å². The Labute approximate surface area is 117 Å². The summed E-state index contributed by atoms with van der Waals surface area (Å²) in [4.78, 5) is 4.41. The quantitative estimate of drug-likeness (QED) is 0.917. The van der Waals surface area contributed by atoms with Crippen LogP contribution < -0.4 is 5.32 Å². The molecule has 2 heterocycles. The molecule has 102 valence electrons. The fourth-order valence-corrected chi connectivity index (χ4v) is 2.21. The van der Waals surface area contributed by atoms with Gasteiger partial charge in [0.25, 0.3) is 0 Å². The third-order valence-corrected chi connectivity index (χ3v) is 3.52. The maximum Gasteiger partial charge on any atom is 0.215 e. The first-order valence-corrected chi connectivity index (χ1v) is 6.86. The molecule has 0 aliphatic carbocycles. The van der Waals surface area contributed by atoms with Gasteiger partial charge in [-0.2, -0.15) is 0 Å². The van der Waals surface area contributed by atoms with Gasteiger partial charge in [0.05, 0.1) is 0 Å². The van der Waals surface area contributed by atoms with Gasteiger partial charge in [0, 0.05) is 25.3 Å². The largest absolute Gasteiger partial charge is 0.308 e. The number of nitrogens with one attached hydrogen (secondary N) is 1. The molecule has 0 aliphatic heterocycles. The Morgan fingerprint density at radius 3 is 2.79 bits per heavy atom. The molecule has 2 aromatic rings. The van der Waals surface area contributed by atoms with E-state index in [0.29, 0.717) is 0 Å². The van der Waals surface area contributed by atoms with Crippen LogP contribution in [0.25, 0.3) is 0 Å². The molecule has 0 aliphatic rings. The van der Waals surface area contributed by atoms with E-state index in [9.17, 15) is 0 Å². The second kappa shape index (κ2) is 5.66. The van der Waals surface area contributed by atoms with Crippen molar-refractivity contribution in [3.63, 3.8) is 0 Å². The second-order valence-corrected chi connectivity index (χ2v) is 6.21. The summed E-state index contributed by atoms with van der Waals surface area (Å²) in [6.07, 6.45) is 1.78. The summed E-state index contributed by atoms with van der Waals surface area (Å²) in [5, 5.41) is 16.5. The van der Waals surface area contributed by atoms with E-state index in [-0.39, 0.29) is 5.54 Å². The standard InChI is InChI=1S/C12H18N6S/c1-12(2,3)14-8-9-6-5-7-13-10(9)19-11-15-16-17-18(11)4/h5-7,14H,8H2,1-4H3. The monoisotopic (exact) mass is 278 g/mol. The highest BCUT2D eigenvalue weighted by molar-refractivity contribution is 7.99. The van der Waals surface area contributed by atoms with Crippen molar-refractivity contribution in [2.45, 2.75) is 43.0 Å². The van der Waals surface area contributed by atoms with Gasteiger partial charge in [-0.05, 0) is 54.6 Å². The minimum absolute atomic E-state index is 0.0735. The average molecular weight is 278 g/mol. The zero-order valence-electron chi connectivity index (χ0n) is 11.6. The molecule has 0 saturated carbocycles. The molecular weight excluding hydrogens is 260 g/mol. The SMILES string of the molecule is Cn1nnnc1Sc1ncccc1CNC(C)(C)C. The zero-order chi connectivity index (χ0) is 13.9. The number of rotatable bonds is 4. The van der Waals surface area contributed by atoms with Crippen molar-refractivity contribution in [2.24, 2.45) is 7.05 Å². The van der Waals surface area contributed by atoms with Crippen molar-refractivity contribution in [1.82, 2.24) is 30.5 Å². The number of aryl methyl sites for hydroxylation is 1. The van der Waals surface area contributed by atoms with Gasteiger partial charge in [-0.25, -0.2) is 9.67 Å². The summed E-state index contributed by atoms with van der Waals surface area (Å²) in [5.41, 5.74) is 1.22. The van der Waals surface area contributed by atoms with E-state index in [0.717, 1.165) is 22.3 Å². The van der Waals surface area contributed by atoms with Gasteiger partial charge in [-0.3, -0.25) is 0 Å². The zero-order valence-corrected chi connectivity index (χ0v) is 12.4. The third-order valence-electron chi connectivity index (χ3n) is 2.43. The van der Waals surface area contributed by atoms with Gasteiger partial charge >= 0.3 is 0 Å². The molecule has 0 unspecified atom stereocenters. The first-order valence-electron chi connectivity index (χ1n) is 6.05. The molecular formula is C12H18N6S. The van der Waals surface area contributed by atoms with Crippen LogP contribution in [0.2, 0.25) is 0 Å². The van der Waals surface area contributed by atoms with Crippen molar-refractivity contribution >= 4 is 11.8 Å². The van der Waals surface area contributed by atoms with Crippen molar-refractivity contribution < 1.29 is 0 Å². The van der Waals surface area contributed by atoms with E-state index in [1.54, 1.807) is 10.9 Å². The molecule has 2 rings (SSSR count). The van der Waals surface area contributed by atoms with Crippen LogP contribution in [0.15, 0.2) is 28.5 Å². The topological polar surface area (TPSA) is 68.5 Å². The molecule has 0 amide bonds. The summed E-state index contributed by atoms with van der Waals surface area (Å²) < 4.78 is 1.64. The smallest absolute Gasteiger partial charge is 0.215 e. The predicted molar refractivity (Wildman–Crippen MR) is 73.8 cm³/mol. The van der Waals surface area contributed by atoms with Crippen LogP contribution in [0.4, 0.5) is 0 Å². The minimum atomic E-state index is 0.0735. The van der Waals surface area contributed by atoms with Gasteiger partial charge in [-0.15, -0.1) is 5.10 Å². The van der Waals surface area contributed by atoms with Gasteiger partial charge in [0.2, 0.25) is 5.16 Å².